The van der Waals surface area contributed by atoms with Gasteiger partial charge in [0.2, 0.25) is 0 Å². The Labute approximate surface area is 106 Å². The first-order valence-electron chi connectivity index (χ1n) is 5.87. The molecule has 1 saturated heterocycles. The third-order valence-electron chi connectivity index (χ3n) is 3.29. The number of carbonyl (C=O) groups is 1. The van der Waals surface area contributed by atoms with E-state index in [1.807, 2.05) is 0 Å². The number of aryl methyl sites for hydroxylation is 1. The molecule has 0 aliphatic carbocycles. The van der Waals surface area contributed by atoms with E-state index in [1.54, 1.807) is 19.1 Å². The van der Waals surface area contributed by atoms with Gasteiger partial charge in [-0.1, -0.05) is 12.1 Å². The zero-order valence-corrected chi connectivity index (χ0v) is 11.0. The van der Waals surface area contributed by atoms with Crippen LogP contribution < -0.4 is 0 Å². The van der Waals surface area contributed by atoms with Crippen LogP contribution >= 0.6 is 0 Å². The largest absolute Gasteiger partial charge is 0.294 e. The number of carbonyl (C=O) groups excluding carboxylic acids is 1. The molecule has 0 aromatic heterocycles. The molecule has 1 aromatic carbocycles. The topological polar surface area (TPSA) is 51.2 Å². The van der Waals surface area contributed by atoms with Crippen LogP contribution in [0.4, 0.5) is 4.39 Å². The molecular weight excluding hydrogens is 255 g/mol. The minimum absolute atomic E-state index is 0.0765. The fraction of sp³-hybridized carbons (Fsp3) is 0.462. The number of halogens is 1. The molecule has 0 bridgehead atoms. The number of hydrogen-bond donors (Lipinski definition) is 0. The second kappa shape index (κ2) is 4.80. The molecule has 1 aliphatic heterocycles. The summed E-state index contributed by atoms with van der Waals surface area (Å²) in [5, 5.41) is 0. The number of Topliss-reactive ketones (excluding diaryl/α,β-unsaturated/α-hetero) is 1. The van der Waals surface area contributed by atoms with E-state index in [0.717, 1.165) is 0 Å². The van der Waals surface area contributed by atoms with E-state index >= 15 is 0 Å². The van der Waals surface area contributed by atoms with Crippen molar-refractivity contribution in [1.29, 1.82) is 0 Å². The van der Waals surface area contributed by atoms with Gasteiger partial charge in [0.05, 0.1) is 11.5 Å². The Morgan fingerprint density at radius 1 is 1.44 bits per heavy atom. The third-order valence-corrected chi connectivity index (χ3v) is 5.13. The van der Waals surface area contributed by atoms with Crippen LogP contribution in [0.1, 0.15) is 28.8 Å². The molecule has 2 rings (SSSR count). The highest BCUT2D eigenvalue weighted by Gasteiger charge is 2.29. The van der Waals surface area contributed by atoms with Crippen LogP contribution in [0.5, 0.6) is 0 Å². The van der Waals surface area contributed by atoms with Crippen molar-refractivity contribution in [3.63, 3.8) is 0 Å². The molecule has 1 atom stereocenters. The Hall–Kier alpha value is -1.23. The lowest BCUT2D eigenvalue weighted by molar-refractivity contribution is 0.0965. The summed E-state index contributed by atoms with van der Waals surface area (Å²) in [6.45, 7) is 1.63. The molecule has 18 heavy (non-hydrogen) atoms. The minimum Gasteiger partial charge on any atom is -0.294 e. The monoisotopic (exact) mass is 270 g/mol. The first kappa shape index (κ1) is 13.2. The highest BCUT2D eigenvalue weighted by atomic mass is 32.2. The van der Waals surface area contributed by atoms with Crippen LogP contribution in [0, 0.1) is 18.7 Å². The lowest BCUT2D eigenvalue weighted by Crippen LogP contribution is -2.11. The molecule has 1 heterocycles. The smallest absolute Gasteiger partial charge is 0.163 e. The Morgan fingerprint density at radius 3 is 2.72 bits per heavy atom. The molecule has 3 nitrogen and oxygen atoms in total. The average Bonchev–Trinajstić information content (AvgIpc) is 2.62. The van der Waals surface area contributed by atoms with Crippen molar-refractivity contribution < 1.29 is 17.6 Å². The summed E-state index contributed by atoms with van der Waals surface area (Å²) in [5.41, 5.74) is 0.817. The van der Waals surface area contributed by atoms with Crippen LogP contribution in [0.2, 0.25) is 0 Å². The highest BCUT2D eigenvalue weighted by Crippen LogP contribution is 2.23. The van der Waals surface area contributed by atoms with Gasteiger partial charge in [-0.05, 0) is 30.9 Å². The number of benzene rings is 1. The molecule has 1 fully saturated rings. The first-order valence-corrected chi connectivity index (χ1v) is 7.69. The van der Waals surface area contributed by atoms with E-state index in [2.05, 4.69) is 0 Å². The molecule has 0 saturated carbocycles. The van der Waals surface area contributed by atoms with Gasteiger partial charge in [-0.15, -0.1) is 0 Å². The van der Waals surface area contributed by atoms with Crippen molar-refractivity contribution >= 4 is 15.6 Å². The van der Waals surface area contributed by atoms with E-state index < -0.39 is 15.7 Å². The zero-order valence-electron chi connectivity index (χ0n) is 10.1. The van der Waals surface area contributed by atoms with Crippen LogP contribution in [0.3, 0.4) is 0 Å². The lowest BCUT2D eigenvalue weighted by atomic mass is 9.97. The molecule has 98 valence electrons. The molecule has 1 aromatic rings. The maximum Gasteiger partial charge on any atom is 0.163 e. The maximum absolute atomic E-state index is 13.3. The van der Waals surface area contributed by atoms with Crippen molar-refractivity contribution in [3.05, 3.63) is 35.1 Å². The Balaban J connectivity index is 2.06. The van der Waals surface area contributed by atoms with E-state index in [9.17, 15) is 17.6 Å². The van der Waals surface area contributed by atoms with Crippen molar-refractivity contribution in [2.45, 2.75) is 19.8 Å². The number of sulfone groups is 1. The zero-order chi connectivity index (χ0) is 13.3. The molecule has 0 amide bonds. The van der Waals surface area contributed by atoms with Gasteiger partial charge in [0.1, 0.15) is 5.82 Å². The second-order valence-electron chi connectivity index (χ2n) is 4.86. The Kier molecular flexibility index (Phi) is 3.52. The number of rotatable bonds is 3. The number of ketones is 1. The maximum atomic E-state index is 13.3. The fourth-order valence-electron chi connectivity index (χ4n) is 2.18. The molecule has 0 radical (unpaired) electrons. The predicted molar refractivity (Wildman–Crippen MR) is 66.8 cm³/mol. The van der Waals surface area contributed by atoms with Gasteiger partial charge in [-0.2, -0.15) is 0 Å². The van der Waals surface area contributed by atoms with Gasteiger partial charge in [0.25, 0.3) is 0 Å². The van der Waals surface area contributed by atoms with Gasteiger partial charge in [0, 0.05) is 12.0 Å². The molecule has 5 heteroatoms. The summed E-state index contributed by atoms with van der Waals surface area (Å²) in [5.74, 6) is -0.469. The summed E-state index contributed by atoms with van der Waals surface area (Å²) in [6, 6.07) is 4.37. The SMILES string of the molecule is Cc1ccc(C(=O)CC2CCS(=O)(=O)C2)cc1F. The van der Waals surface area contributed by atoms with Gasteiger partial charge < -0.3 is 0 Å². The molecule has 0 N–H and O–H groups in total. The Morgan fingerprint density at radius 2 is 2.17 bits per heavy atom. The van der Waals surface area contributed by atoms with Crippen LogP contribution in [0.15, 0.2) is 18.2 Å². The van der Waals surface area contributed by atoms with E-state index in [0.29, 0.717) is 17.5 Å². The average molecular weight is 270 g/mol. The number of hydrogen-bond acceptors (Lipinski definition) is 3. The highest BCUT2D eigenvalue weighted by molar-refractivity contribution is 7.91. The summed E-state index contributed by atoms with van der Waals surface area (Å²) in [4.78, 5) is 11.9. The molecule has 1 aliphatic rings. The van der Waals surface area contributed by atoms with Crippen LogP contribution in [-0.2, 0) is 9.84 Å². The van der Waals surface area contributed by atoms with Gasteiger partial charge in [-0.25, -0.2) is 12.8 Å². The summed E-state index contributed by atoms with van der Waals surface area (Å²) >= 11 is 0. The first-order chi connectivity index (χ1) is 8.37. The van der Waals surface area contributed by atoms with Crippen molar-refractivity contribution in [2.75, 3.05) is 11.5 Å². The third kappa shape index (κ3) is 2.96. The van der Waals surface area contributed by atoms with Crippen molar-refractivity contribution in [1.82, 2.24) is 0 Å². The van der Waals surface area contributed by atoms with E-state index in [4.69, 9.17) is 0 Å². The molecular formula is C13H15FO3S. The van der Waals surface area contributed by atoms with Crippen LogP contribution in [0.25, 0.3) is 0 Å². The lowest BCUT2D eigenvalue weighted by Gasteiger charge is -2.07. The van der Waals surface area contributed by atoms with Crippen LogP contribution in [-0.4, -0.2) is 25.7 Å². The van der Waals surface area contributed by atoms with Gasteiger partial charge in [0.15, 0.2) is 15.6 Å². The predicted octanol–water partition coefficient (Wildman–Crippen LogP) is 2.14. The van der Waals surface area contributed by atoms with Gasteiger partial charge in [-0.3, -0.25) is 4.79 Å². The quantitative estimate of drug-likeness (QED) is 0.791. The standard InChI is InChI=1S/C13H15FO3S/c1-9-2-3-11(7-12(9)14)13(15)6-10-4-5-18(16,17)8-10/h2-3,7,10H,4-6,8H2,1H3. The van der Waals surface area contributed by atoms with Crippen molar-refractivity contribution in [2.24, 2.45) is 5.92 Å². The van der Waals surface area contributed by atoms with Crippen molar-refractivity contribution in [3.8, 4) is 0 Å². The summed E-state index contributed by atoms with van der Waals surface area (Å²) in [7, 11) is -2.96. The molecule has 1 unspecified atom stereocenters. The Bertz CT molecular complexity index is 578. The minimum atomic E-state index is -2.96. The van der Waals surface area contributed by atoms with E-state index in [-0.39, 0.29) is 29.6 Å². The van der Waals surface area contributed by atoms with Gasteiger partial charge >= 0.3 is 0 Å². The second-order valence-corrected chi connectivity index (χ2v) is 7.09. The van der Waals surface area contributed by atoms with E-state index in [1.165, 1.54) is 6.07 Å². The normalized spacial score (nSPS) is 22.0. The summed E-state index contributed by atoms with van der Waals surface area (Å²) < 4.78 is 35.9. The molecule has 0 spiro atoms. The fourth-order valence-corrected chi connectivity index (χ4v) is 4.04. The summed E-state index contributed by atoms with van der Waals surface area (Å²) in [6.07, 6.45) is 0.712.